The van der Waals surface area contributed by atoms with Gasteiger partial charge in [-0.25, -0.2) is 0 Å². The van der Waals surface area contributed by atoms with E-state index in [0.717, 1.165) is 0 Å². The van der Waals surface area contributed by atoms with Crippen LogP contribution in [0.4, 0.5) is 0 Å². The Morgan fingerprint density at radius 2 is 1.70 bits per heavy atom. The highest BCUT2D eigenvalue weighted by atomic mass is 35.5. The van der Waals surface area contributed by atoms with Crippen molar-refractivity contribution in [1.29, 1.82) is 0 Å². The Balaban J connectivity index is 2.69. The first-order chi connectivity index (χ1) is 17.2. The zero-order chi connectivity index (χ0) is 28.2. The first kappa shape index (κ1) is 32.3. The second kappa shape index (κ2) is 12.9. The van der Waals surface area contributed by atoms with E-state index < -0.39 is 56.0 Å². The molecule has 37 heavy (non-hydrogen) atoms. The van der Waals surface area contributed by atoms with Gasteiger partial charge < -0.3 is 14.9 Å². The largest absolute Gasteiger partial charge is 0.393 e. The Morgan fingerprint density at radius 1 is 1.08 bits per heavy atom. The quantitative estimate of drug-likeness (QED) is 0.184. The van der Waals surface area contributed by atoms with Gasteiger partial charge in [0.15, 0.2) is 11.6 Å². The number of alkyl halides is 2. The summed E-state index contributed by atoms with van der Waals surface area (Å²) in [7, 11) is 0. The summed E-state index contributed by atoms with van der Waals surface area (Å²) in [5.74, 6) is -5.94. The molecule has 0 unspecified atom stereocenters. The van der Waals surface area contributed by atoms with E-state index in [0.29, 0.717) is 6.61 Å². The number of hydrogen-bond donors (Lipinski definition) is 3. The second-order valence-electron chi connectivity index (χ2n) is 10.6. The molecule has 208 valence electrons. The predicted molar refractivity (Wildman–Crippen MR) is 150 cm³/mol. The van der Waals surface area contributed by atoms with Gasteiger partial charge in [-0.3, -0.25) is 14.4 Å². The number of aliphatic hydroxyl groups excluding tert-OH is 1. The van der Waals surface area contributed by atoms with Gasteiger partial charge in [-0.05, 0) is 39.5 Å². The smallest absolute Gasteiger partial charge is 0.234 e. The van der Waals surface area contributed by atoms with Crippen molar-refractivity contribution in [2.24, 2.45) is 29.6 Å². The molecule has 0 fully saturated rings. The highest BCUT2D eigenvalue weighted by Crippen LogP contribution is 2.49. The van der Waals surface area contributed by atoms with E-state index in [1.807, 2.05) is 26.0 Å². The average molecular weight is 576 g/mol. The van der Waals surface area contributed by atoms with Gasteiger partial charge in [0.25, 0.3) is 0 Å². The maximum Gasteiger partial charge on any atom is 0.234 e. The number of Topliss-reactive ketones (excluding diaryl/α,β-unsaturated/α-hetero) is 3. The minimum Gasteiger partial charge on any atom is -0.393 e. The monoisotopic (exact) mass is 574 g/mol. The molecule has 0 aromatic rings. The summed E-state index contributed by atoms with van der Waals surface area (Å²) in [5, 5.41) is 21.7. The summed E-state index contributed by atoms with van der Waals surface area (Å²) < 4.78 is 3.23. The molecule has 0 heterocycles. The van der Waals surface area contributed by atoms with E-state index in [9.17, 15) is 24.6 Å². The zero-order valence-electron chi connectivity index (χ0n) is 22.2. The lowest BCUT2D eigenvalue weighted by molar-refractivity contribution is -0.152. The van der Waals surface area contributed by atoms with Crippen molar-refractivity contribution in [3.63, 3.8) is 0 Å². The van der Waals surface area contributed by atoms with Crippen LogP contribution in [0.25, 0.3) is 0 Å². The normalized spacial score (nSPS) is 38.4. The highest BCUT2D eigenvalue weighted by Gasteiger charge is 2.59. The minimum atomic E-state index is -2.54. The Labute approximate surface area is 235 Å². The molecule has 0 radical (unpaired) electrons. The van der Waals surface area contributed by atoms with Crippen LogP contribution < -0.4 is 0 Å². The molecular formula is C28H40Cl2O6S. The molecule has 0 aromatic carbocycles. The Morgan fingerprint density at radius 3 is 2.27 bits per heavy atom. The van der Waals surface area contributed by atoms with Gasteiger partial charge in [0.1, 0.15) is 5.78 Å². The molecular weight excluding hydrogens is 535 g/mol. The molecule has 6 nitrogen and oxygen atoms in total. The average Bonchev–Trinajstić information content (AvgIpc) is 2.85. The zero-order valence-corrected chi connectivity index (χ0v) is 24.6. The number of ether oxygens (including phenoxy) is 1. The fourth-order valence-corrected chi connectivity index (χ4v) is 6.32. The molecule has 2 N–H and O–H groups in total. The van der Waals surface area contributed by atoms with Crippen molar-refractivity contribution in [2.45, 2.75) is 74.7 Å². The minimum absolute atomic E-state index is 0.0898. The van der Waals surface area contributed by atoms with Crippen LogP contribution in [0.5, 0.6) is 0 Å². The maximum absolute atomic E-state index is 14.1. The van der Waals surface area contributed by atoms with E-state index in [1.54, 1.807) is 38.2 Å². The molecule has 0 bridgehead atoms. The third-order valence-electron chi connectivity index (χ3n) is 7.73. The molecule has 0 saturated heterocycles. The van der Waals surface area contributed by atoms with E-state index in [4.69, 9.17) is 40.6 Å². The standard InChI is InChI=1S/C28H40Cl2O6S/c1-6-27(35)19(15-26(5,16-31)36-7-2)12-13-20-22(37)11-9-8-10-17(3)14-21(32)18(4)24(33)28(29,30)25(34)23(20)27/h8-13,17-20,22-23,31,35,37H,6-7,14-16H2,1-5H3/b10-8+,11-9-/t17-,18+,19+,20-,22+,23-,26+,27-/m0/s1. The van der Waals surface area contributed by atoms with Crippen LogP contribution in [-0.2, 0) is 19.1 Å². The van der Waals surface area contributed by atoms with Crippen LogP contribution in [0, 0.1) is 29.6 Å². The van der Waals surface area contributed by atoms with Crippen molar-refractivity contribution < 1.29 is 29.3 Å². The number of halogens is 2. The Kier molecular flexibility index (Phi) is 11.3. The highest BCUT2D eigenvalue weighted by molar-refractivity contribution is 7.81. The van der Waals surface area contributed by atoms with E-state index in [-0.39, 0.29) is 37.6 Å². The summed E-state index contributed by atoms with van der Waals surface area (Å²) in [6.45, 7) is 8.61. The van der Waals surface area contributed by atoms with Crippen molar-refractivity contribution >= 4 is 53.2 Å². The number of ketones is 3. The predicted octanol–water partition coefficient (Wildman–Crippen LogP) is 4.69. The number of allylic oxidation sites excluding steroid dienone is 4. The van der Waals surface area contributed by atoms with E-state index >= 15 is 0 Å². The van der Waals surface area contributed by atoms with Crippen LogP contribution in [0.2, 0.25) is 0 Å². The van der Waals surface area contributed by atoms with Crippen molar-refractivity contribution in [1.82, 2.24) is 0 Å². The maximum atomic E-state index is 14.1. The molecule has 0 saturated carbocycles. The van der Waals surface area contributed by atoms with Gasteiger partial charge in [-0.1, -0.05) is 73.5 Å². The van der Waals surface area contributed by atoms with Crippen molar-refractivity contribution in [3.8, 4) is 0 Å². The number of carbonyl (C=O) groups excluding carboxylic acids is 3. The second-order valence-corrected chi connectivity index (χ2v) is 12.5. The summed E-state index contributed by atoms with van der Waals surface area (Å²) >= 11 is 17.7. The SMILES string of the molecule is CCO[C@@](C)(CO)C[C@H]1C=C[C@H]2[C@H](S)/C=C\C=C\[C@H](C)CC(=O)[C@@H](C)C(=O)C(Cl)(Cl)C(=O)[C@H]2[C@]1(O)CC. The first-order valence-electron chi connectivity index (χ1n) is 12.9. The Hall–Kier alpha value is -0.960. The fourth-order valence-electron chi connectivity index (χ4n) is 5.38. The van der Waals surface area contributed by atoms with Crippen LogP contribution in [-0.4, -0.2) is 61.6 Å². The van der Waals surface area contributed by atoms with Crippen molar-refractivity contribution in [3.05, 3.63) is 36.5 Å². The van der Waals surface area contributed by atoms with Crippen molar-refractivity contribution in [2.75, 3.05) is 13.2 Å². The van der Waals surface area contributed by atoms with E-state index in [1.165, 1.54) is 6.92 Å². The number of fused-ring (bicyclic) bond motifs is 1. The number of rotatable bonds is 6. The van der Waals surface area contributed by atoms with Crippen LogP contribution in [0.15, 0.2) is 36.5 Å². The fraction of sp³-hybridized carbons (Fsp3) is 0.679. The summed E-state index contributed by atoms with van der Waals surface area (Å²) in [4.78, 5) is 40.2. The summed E-state index contributed by atoms with van der Waals surface area (Å²) in [5.41, 5.74) is -2.65. The van der Waals surface area contributed by atoms with Gasteiger partial charge in [0.05, 0.1) is 29.6 Å². The molecule has 0 aromatic heterocycles. The summed E-state index contributed by atoms with van der Waals surface area (Å²) in [6, 6.07) is 0. The molecule has 0 spiro atoms. The molecule has 9 heteroatoms. The number of aliphatic hydroxyl groups is 2. The molecule has 2 aliphatic rings. The van der Waals surface area contributed by atoms with Crippen LogP contribution in [0.3, 0.4) is 0 Å². The number of hydrogen-bond acceptors (Lipinski definition) is 7. The van der Waals surface area contributed by atoms with Gasteiger partial charge >= 0.3 is 0 Å². The Bertz CT molecular complexity index is 947. The van der Waals surface area contributed by atoms with Crippen LogP contribution in [0.1, 0.15) is 53.9 Å². The van der Waals surface area contributed by atoms with Gasteiger partial charge in [0.2, 0.25) is 4.33 Å². The number of carbonyl (C=O) groups is 3. The lowest BCUT2D eigenvalue weighted by Gasteiger charge is -2.49. The molecule has 8 atom stereocenters. The summed E-state index contributed by atoms with van der Waals surface area (Å²) in [6.07, 6.45) is 11.3. The van der Waals surface area contributed by atoms with Gasteiger partial charge in [0, 0.05) is 30.1 Å². The lowest BCUT2D eigenvalue weighted by Crippen LogP contribution is -2.60. The topological polar surface area (TPSA) is 101 Å². The third kappa shape index (κ3) is 6.98. The van der Waals surface area contributed by atoms with E-state index in [2.05, 4.69) is 0 Å². The molecule has 2 rings (SSSR count). The first-order valence-corrected chi connectivity index (χ1v) is 14.1. The molecule has 0 amide bonds. The lowest BCUT2D eigenvalue weighted by atomic mass is 9.60. The van der Waals surface area contributed by atoms with Gasteiger partial charge in [-0.2, -0.15) is 12.6 Å². The molecule has 0 aliphatic heterocycles. The molecule has 2 aliphatic carbocycles. The number of thiol groups is 1. The third-order valence-corrected chi connectivity index (χ3v) is 8.99. The van der Waals surface area contributed by atoms with Crippen LogP contribution >= 0.6 is 35.8 Å². The van der Waals surface area contributed by atoms with Gasteiger partial charge in [-0.15, -0.1) is 0 Å².